The summed E-state index contributed by atoms with van der Waals surface area (Å²) in [5.74, 6) is -0.326. The monoisotopic (exact) mass is 533 g/mol. The number of hydrogen-bond acceptors (Lipinski definition) is 7. The Morgan fingerprint density at radius 2 is 1.92 bits per heavy atom. The molecule has 0 unspecified atom stereocenters. The predicted octanol–water partition coefficient (Wildman–Crippen LogP) is 3.81. The maximum Gasteiger partial charge on any atom is 0.335 e. The van der Waals surface area contributed by atoms with Crippen LogP contribution in [0.5, 0.6) is 11.6 Å². The maximum absolute atomic E-state index is 13.7. The van der Waals surface area contributed by atoms with Crippen LogP contribution in [0, 0.1) is 5.92 Å². The summed E-state index contributed by atoms with van der Waals surface area (Å²) in [6.45, 7) is 5.24. The van der Waals surface area contributed by atoms with Gasteiger partial charge in [0.25, 0.3) is 5.91 Å². The van der Waals surface area contributed by atoms with Crippen molar-refractivity contribution >= 4 is 11.9 Å². The average Bonchev–Trinajstić information content (AvgIpc) is 2.94. The second-order valence-corrected chi connectivity index (χ2v) is 10.1. The van der Waals surface area contributed by atoms with Crippen molar-refractivity contribution in [2.24, 2.45) is 5.92 Å². The molecule has 206 valence electrons. The van der Waals surface area contributed by atoms with Gasteiger partial charge in [-0.2, -0.15) is 0 Å². The second-order valence-electron chi connectivity index (χ2n) is 10.1. The number of hydrogen-bond donors (Lipinski definition) is 2. The van der Waals surface area contributed by atoms with Gasteiger partial charge < -0.3 is 24.6 Å². The van der Waals surface area contributed by atoms with E-state index in [9.17, 15) is 14.7 Å². The molecule has 0 fully saturated rings. The molecule has 0 aliphatic carbocycles. The normalized spacial score (nSPS) is 18.1. The number of carbonyl (C=O) groups is 2. The van der Waals surface area contributed by atoms with Gasteiger partial charge in [0.1, 0.15) is 17.4 Å². The third-order valence-corrected chi connectivity index (χ3v) is 7.08. The number of carbonyl (C=O) groups excluding carboxylic acids is 1. The molecule has 0 bridgehead atoms. The zero-order valence-corrected chi connectivity index (χ0v) is 22.7. The van der Waals surface area contributed by atoms with E-state index in [0.717, 1.165) is 16.7 Å². The fourth-order valence-electron chi connectivity index (χ4n) is 4.79. The number of aromatic carboxylic acids is 1. The molecule has 39 heavy (non-hydrogen) atoms. The van der Waals surface area contributed by atoms with Gasteiger partial charge >= 0.3 is 5.97 Å². The molecule has 1 aromatic heterocycles. The first-order valence-corrected chi connectivity index (χ1v) is 12.9. The van der Waals surface area contributed by atoms with Crippen LogP contribution >= 0.6 is 0 Å². The lowest BCUT2D eigenvalue weighted by atomic mass is 9.98. The van der Waals surface area contributed by atoms with Gasteiger partial charge in [0.15, 0.2) is 0 Å². The van der Waals surface area contributed by atoms with Crippen LogP contribution in [-0.2, 0) is 6.54 Å². The fourth-order valence-corrected chi connectivity index (χ4v) is 4.79. The molecule has 4 rings (SSSR count). The van der Waals surface area contributed by atoms with Gasteiger partial charge in [-0.15, -0.1) is 0 Å². The van der Waals surface area contributed by atoms with Gasteiger partial charge in [-0.25, -0.2) is 9.78 Å². The third kappa shape index (κ3) is 6.38. The number of aliphatic hydroxyl groups is 1. The number of likely N-dealkylation sites (N-methyl/N-ethyl adjacent to an activating group) is 1. The van der Waals surface area contributed by atoms with Crippen LogP contribution < -0.4 is 9.47 Å². The Morgan fingerprint density at radius 3 is 2.59 bits per heavy atom. The zero-order valence-electron chi connectivity index (χ0n) is 22.7. The van der Waals surface area contributed by atoms with Crippen molar-refractivity contribution in [2.45, 2.75) is 32.5 Å². The SMILES string of the molecule is COc1ccccc1-c1cnc2c(c1)C(=O)N([C@H](C)CO)C[C@@H](C)[C@H](CN(C)Cc1ccc(C(=O)O)cc1)O2. The van der Waals surface area contributed by atoms with Crippen molar-refractivity contribution in [2.75, 3.05) is 33.9 Å². The third-order valence-electron chi connectivity index (χ3n) is 7.08. The molecule has 9 nitrogen and oxygen atoms in total. The number of methoxy groups -OCH3 is 1. The lowest BCUT2D eigenvalue weighted by molar-refractivity contribution is 0.0325. The molecular weight excluding hydrogens is 498 g/mol. The van der Waals surface area contributed by atoms with Crippen LogP contribution in [-0.4, -0.2) is 82.9 Å². The Morgan fingerprint density at radius 1 is 1.21 bits per heavy atom. The molecule has 2 aromatic carbocycles. The van der Waals surface area contributed by atoms with E-state index in [1.54, 1.807) is 36.4 Å². The average molecular weight is 534 g/mol. The van der Waals surface area contributed by atoms with E-state index in [1.165, 1.54) is 0 Å². The van der Waals surface area contributed by atoms with Crippen molar-refractivity contribution < 1.29 is 29.3 Å². The highest BCUT2D eigenvalue weighted by Gasteiger charge is 2.34. The molecule has 1 aliphatic heterocycles. The highest BCUT2D eigenvalue weighted by atomic mass is 16.5. The zero-order chi connectivity index (χ0) is 28.1. The van der Waals surface area contributed by atoms with Crippen molar-refractivity contribution in [3.8, 4) is 22.8 Å². The topological polar surface area (TPSA) is 112 Å². The minimum atomic E-state index is -0.956. The standard InChI is InChI=1S/C30H35N3O6/c1-19-15-33(20(2)18-34)29(35)25-13-23(24-7-5-6-8-26(24)38-4)14-31-28(25)39-27(19)17-32(3)16-21-9-11-22(12-10-21)30(36)37/h5-14,19-20,27,34H,15-18H2,1-4H3,(H,36,37)/t19-,20-,27+/m1/s1. The van der Waals surface area contributed by atoms with Crippen LogP contribution in [0.15, 0.2) is 60.8 Å². The van der Waals surface area contributed by atoms with E-state index in [2.05, 4.69) is 9.88 Å². The lowest BCUT2D eigenvalue weighted by Crippen LogP contribution is -2.49. The number of aromatic nitrogens is 1. The maximum atomic E-state index is 13.7. The van der Waals surface area contributed by atoms with Crippen LogP contribution in [0.4, 0.5) is 0 Å². The Balaban J connectivity index is 1.64. The minimum absolute atomic E-state index is 0.0522. The van der Waals surface area contributed by atoms with Gasteiger partial charge in [-0.1, -0.05) is 37.3 Å². The fraction of sp³-hybridized carbons (Fsp3) is 0.367. The summed E-state index contributed by atoms with van der Waals surface area (Å²) in [5, 5.41) is 19.1. The van der Waals surface area contributed by atoms with E-state index in [0.29, 0.717) is 30.9 Å². The van der Waals surface area contributed by atoms with Crippen LogP contribution in [0.2, 0.25) is 0 Å². The molecule has 1 amide bonds. The molecule has 3 atom stereocenters. The van der Waals surface area contributed by atoms with Gasteiger partial charge in [0.2, 0.25) is 5.88 Å². The molecule has 0 radical (unpaired) electrons. The smallest absolute Gasteiger partial charge is 0.335 e. The molecule has 3 aromatic rings. The number of pyridine rings is 1. The molecule has 0 spiro atoms. The molecule has 0 saturated heterocycles. The number of nitrogens with zero attached hydrogens (tertiary/aromatic N) is 3. The van der Waals surface area contributed by atoms with Crippen molar-refractivity contribution in [3.63, 3.8) is 0 Å². The minimum Gasteiger partial charge on any atom is -0.496 e. The number of fused-ring (bicyclic) bond motifs is 1. The molecule has 1 aliphatic rings. The van der Waals surface area contributed by atoms with Crippen LogP contribution in [0.25, 0.3) is 11.1 Å². The number of rotatable bonds is 9. The van der Waals surface area contributed by atoms with Crippen molar-refractivity contribution in [1.29, 1.82) is 0 Å². The number of amides is 1. The van der Waals surface area contributed by atoms with Crippen molar-refractivity contribution in [1.82, 2.24) is 14.8 Å². The summed E-state index contributed by atoms with van der Waals surface area (Å²) in [4.78, 5) is 33.3. The molecule has 9 heteroatoms. The van der Waals surface area contributed by atoms with Gasteiger partial charge in [-0.05, 0) is 43.8 Å². The molecule has 2 N–H and O–H groups in total. The predicted molar refractivity (Wildman–Crippen MR) is 147 cm³/mol. The highest BCUT2D eigenvalue weighted by Crippen LogP contribution is 2.34. The van der Waals surface area contributed by atoms with E-state index in [4.69, 9.17) is 14.6 Å². The lowest BCUT2D eigenvalue weighted by Gasteiger charge is -2.37. The van der Waals surface area contributed by atoms with Crippen LogP contribution in [0.3, 0.4) is 0 Å². The summed E-state index contributed by atoms with van der Waals surface area (Å²) in [6, 6.07) is 15.7. The van der Waals surface area contributed by atoms with Crippen LogP contribution in [0.1, 0.15) is 40.1 Å². The Kier molecular flexibility index (Phi) is 8.83. The van der Waals surface area contributed by atoms with Gasteiger partial charge in [-0.3, -0.25) is 9.69 Å². The summed E-state index contributed by atoms with van der Waals surface area (Å²) in [5.41, 5.74) is 3.10. The van der Waals surface area contributed by atoms with Crippen molar-refractivity contribution in [3.05, 3.63) is 77.5 Å². The first-order chi connectivity index (χ1) is 18.7. The number of carboxylic acid groups (broad SMARTS) is 1. The summed E-state index contributed by atoms with van der Waals surface area (Å²) < 4.78 is 11.9. The van der Waals surface area contributed by atoms with E-state index in [1.807, 2.05) is 57.3 Å². The van der Waals surface area contributed by atoms with E-state index >= 15 is 0 Å². The number of para-hydroxylation sites is 1. The Labute approximate surface area is 228 Å². The largest absolute Gasteiger partial charge is 0.496 e. The van der Waals surface area contributed by atoms with E-state index in [-0.39, 0.29) is 42.0 Å². The first-order valence-electron chi connectivity index (χ1n) is 12.9. The Bertz CT molecular complexity index is 1310. The molecule has 0 saturated carbocycles. The first kappa shape index (κ1) is 28.1. The number of carboxylic acids is 1. The molecular formula is C30H35N3O6. The molecule has 2 heterocycles. The Hall–Kier alpha value is -3.95. The summed E-state index contributed by atoms with van der Waals surface area (Å²) in [7, 11) is 3.57. The highest BCUT2D eigenvalue weighted by molar-refractivity contribution is 5.98. The number of ether oxygens (including phenoxy) is 2. The number of aliphatic hydroxyl groups excluding tert-OH is 1. The summed E-state index contributed by atoms with van der Waals surface area (Å²) >= 11 is 0. The van der Waals surface area contributed by atoms with E-state index < -0.39 is 5.97 Å². The summed E-state index contributed by atoms with van der Waals surface area (Å²) in [6.07, 6.45) is 1.39. The number of benzene rings is 2. The van der Waals surface area contributed by atoms with Gasteiger partial charge in [0.05, 0.1) is 25.3 Å². The quantitative estimate of drug-likeness (QED) is 0.427. The second kappa shape index (κ2) is 12.3. The van der Waals surface area contributed by atoms with Gasteiger partial charge in [0, 0.05) is 42.9 Å².